The van der Waals surface area contributed by atoms with E-state index >= 15 is 0 Å². The third-order valence-corrected chi connectivity index (χ3v) is 7.41. The lowest BCUT2D eigenvalue weighted by atomic mass is 9.97. The Morgan fingerprint density at radius 3 is 2.65 bits per heavy atom. The van der Waals surface area contributed by atoms with Gasteiger partial charge in [-0.05, 0) is 31.0 Å². The van der Waals surface area contributed by atoms with Crippen molar-refractivity contribution in [3.05, 3.63) is 69.2 Å². The van der Waals surface area contributed by atoms with Gasteiger partial charge in [0.15, 0.2) is 0 Å². The molecule has 2 amide bonds. The highest BCUT2D eigenvalue weighted by molar-refractivity contribution is 8.00. The van der Waals surface area contributed by atoms with E-state index < -0.39 is 4.92 Å². The largest absolute Gasteiger partial charge is 0.342 e. The molecular weight excluding hydrogens is 474 g/mol. The Bertz CT molecular complexity index is 1160. The maximum absolute atomic E-state index is 12.6. The first-order valence-electron chi connectivity index (χ1n) is 10.8. The van der Waals surface area contributed by atoms with Gasteiger partial charge in [-0.3, -0.25) is 19.7 Å². The number of nitro groups is 1. The molecule has 2 aromatic heterocycles. The van der Waals surface area contributed by atoms with Gasteiger partial charge in [-0.2, -0.15) is 0 Å². The van der Waals surface area contributed by atoms with Crippen LogP contribution in [0, 0.1) is 10.1 Å². The standard InChI is InChI=1S/C23H23N5O4S2/c29-21(26-20-7-3-4-10-24-20)14-33-15-22(30)27-11-8-16(9-12-27)23-25-18(13-34-23)17-5-1-2-6-19(17)28(31)32/h1-7,10,13,16H,8-9,11-12,14-15H2,(H,24,26,29). The van der Waals surface area contributed by atoms with Gasteiger partial charge in [0, 0.05) is 36.7 Å². The zero-order valence-electron chi connectivity index (χ0n) is 18.3. The number of thiazole rings is 1. The predicted octanol–water partition coefficient (Wildman–Crippen LogP) is 4.19. The van der Waals surface area contributed by atoms with Crippen LogP contribution < -0.4 is 5.32 Å². The van der Waals surface area contributed by atoms with Crippen molar-refractivity contribution < 1.29 is 14.5 Å². The lowest BCUT2D eigenvalue weighted by Crippen LogP contribution is -2.39. The Morgan fingerprint density at radius 2 is 1.91 bits per heavy atom. The summed E-state index contributed by atoms with van der Waals surface area (Å²) in [5.41, 5.74) is 1.18. The van der Waals surface area contributed by atoms with Crippen molar-refractivity contribution in [1.82, 2.24) is 14.9 Å². The van der Waals surface area contributed by atoms with Gasteiger partial charge in [0.25, 0.3) is 5.69 Å². The third-order valence-electron chi connectivity index (χ3n) is 5.49. The van der Waals surface area contributed by atoms with Crippen LogP contribution in [0.1, 0.15) is 23.8 Å². The molecule has 0 aliphatic carbocycles. The van der Waals surface area contributed by atoms with E-state index in [0.717, 1.165) is 17.8 Å². The fourth-order valence-corrected chi connectivity index (χ4v) is 5.47. The van der Waals surface area contributed by atoms with Gasteiger partial charge in [-0.25, -0.2) is 9.97 Å². The van der Waals surface area contributed by atoms with Crippen LogP contribution in [0.2, 0.25) is 0 Å². The summed E-state index contributed by atoms with van der Waals surface area (Å²) in [6.07, 6.45) is 3.19. The summed E-state index contributed by atoms with van der Waals surface area (Å²) in [6.45, 7) is 1.26. The SMILES string of the molecule is O=C(CSCC(=O)N1CCC(c2nc(-c3ccccc3[N+](=O)[O-])cs2)CC1)Nc1ccccn1. The number of rotatable bonds is 8. The van der Waals surface area contributed by atoms with Crippen LogP contribution in [0.5, 0.6) is 0 Å². The van der Waals surface area contributed by atoms with Crippen LogP contribution in [0.4, 0.5) is 11.5 Å². The highest BCUT2D eigenvalue weighted by Gasteiger charge is 2.26. The predicted molar refractivity (Wildman–Crippen MR) is 133 cm³/mol. The van der Waals surface area contributed by atoms with Gasteiger partial charge in [0.2, 0.25) is 11.8 Å². The van der Waals surface area contributed by atoms with E-state index in [1.54, 1.807) is 42.6 Å². The molecule has 1 N–H and O–H groups in total. The number of carbonyl (C=O) groups is 2. The highest BCUT2D eigenvalue weighted by atomic mass is 32.2. The van der Waals surface area contributed by atoms with Gasteiger partial charge in [-0.1, -0.05) is 18.2 Å². The fourth-order valence-electron chi connectivity index (χ4n) is 3.76. The summed E-state index contributed by atoms with van der Waals surface area (Å²) >= 11 is 2.80. The maximum atomic E-state index is 12.6. The first kappa shape index (κ1) is 23.8. The minimum atomic E-state index is -0.390. The Kier molecular flexibility index (Phi) is 7.86. The van der Waals surface area contributed by atoms with Crippen LogP contribution in [0.3, 0.4) is 0 Å². The van der Waals surface area contributed by atoms with Crippen molar-refractivity contribution >= 4 is 46.4 Å². The Morgan fingerprint density at radius 1 is 1.15 bits per heavy atom. The van der Waals surface area contributed by atoms with Crippen molar-refractivity contribution in [2.24, 2.45) is 0 Å². The Labute approximate surface area is 204 Å². The molecule has 0 unspecified atom stereocenters. The Hall–Kier alpha value is -3.31. The molecule has 1 saturated heterocycles. The van der Waals surface area contributed by atoms with E-state index in [9.17, 15) is 19.7 Å². The summed E-state index contributed by atoms with van der Waals surface area (Å²) in [4.78, 5) is 46.0. The second-order valence-corrected chi connectivity index (χ2v) is 9.63. The van der Waals surface area contributed by atoms with Gasteiger partial charge in [0.05, 0.1) is 32.7 Å². The van der Waals surface area contributed by atoms with Crippen LogP contribution in [-0.2, 0) is 9.59 Å². The second kappa shape index (κ2) is 11.2. The van der Waals surface area contributed by atoms with Crippen LogP contribution in [0.25, 0.3) is 11.3 Å². The summed E-state index contributed by atoms with van der Waals surface area (Å²) in [7, 11) is 0. The molecule has 34 heavy (non-hydrogen) atoms. The monoisotopic (exact) mass is 497 g/mol. The minimum absolute atomic E-state index is 0.0221. The van der Waals surface area contributed by atoms with E-state index in [1.165, 1.54) is 29.2 Å². The van der Waals surface area contributed by atoms with E-state index in [-0.39, 0.29) is 34.9 Å². The van der Waals surface area contributed by atoms with E-state index in [0.29, 0.717) is 30.2 Å². The molecule has 0 bridgehead atoms. The molecule has 3 heterocycles. The number of nitro benzene ring substituents is 1. The number of carbonyl (C=O) groups excluding carboxylic acids is 2. The number of likely N-dealkylation sites (tertiary alicyclic amines) is 1. The van der Waals surface area contributed by atoms with Crippen LogP contribution >= 0.6 is 23.1 Å². The molecule has 1 aliphatic heterocycles. The molecule has 0 atom stereocenters. The van der Waals surface area contributed by atoms with Gasteiger partial charge >= 0.3 is 0 Å². The van der Waals surface area contributed by atoms with Gasteiger partial charge < -0.3 is 10.2 Å². The van der Waals surface area contributed by atoms with Crippen molar-refractivity contribution in [2.75, 3.05) is 29.9 Å². The number of aromatic nitrogens is 2. The fraction of sp³-hybridized carbons (Fsp3) is 0.304. The van der Waals surface area contributed by atoms with E-state index in [4.69, 9.17) is 0 Å². The molecule has 0 radical (unpaired) electrons. The molecule has 9 nitrogen and oxygen atoms in total. The second-order valence-electron chi connectivity index (χ2n) is 7.76. The van der Waals surface area contributed by atoms with Gasteiger partial charge in [0.1, 0.15) is 5.82 Å². The normalized spacial score (nSPS) is 14.1. The number of hydrogen-bond donors (Lipinski definition) is 1. The van der Waals surface area contributed by atoms with Gasteiger partial charge in [-0.15, -0.1) is 23.1 Å². The number of nitrogens with one attached hydrogen (secondary N) is 1. The first-order valence-corrected chi connectivity index (χ1v) is 12.8. The first-order chi connectivity index (χ1) is 16.5. The molecule has 3 aromatic rings. The third kappa shape index (κ3) is 5.97. The number of pyridine rings is 1. The average Bonchev–Trinajstić information content (AvgIpc) is 3.35. The Balaban J connectivity index is 1.24. The molecular formula is C23H23N5O4S2. The molecule has 4 rings (SSSR count). The van der Waals surface area contributed by atoms with Crippen LogP contribution in [0.15, 0.2) is 54.0 Å². The zero-order valence-corrected chi connectivity index (χ0v) is 19.9. The van der Waals surface area contributed by atoms with Crippen molar-refractivity contribution in [1.29, 1.82) is 0 Å². The summed E-state index contributed by atoms with van der Waals surface area (Å²) in [5, 5.41) is 16.8. The summed E-state index contributed by atoms with van der Waals surface area (Å²) < 4.78 is 0. The topological polar surface area (TPSA) is 118 Å². The number of amides is 2. The number of thioether (sulfide) groups is 1. The number of para-hydroxylation sites is 1. The number of hydrogen-bond acceptors (Lipinski definition) is 8. The van der Waals surface area contributed by atoms with Crippen molar-refractivity contribution in [3.63, 3.8) is 0 Å². The van der Waals surface area contributed by atoms with E-state index in [1.807, 2.05) is 10.3 Å². The molecule has 1 aliphatic rings. The quantitative estimate of drug-likeness (QED) is 0.366. The molecule has 0 saturated carbocycles. The molecule has 1 aromatic carbocycles. The smallest absolute Gasteiger partial charge is 0.278 e. The average molecular weight is 498 g/mol. The highest BCUT2D eigenvalue weighted by Crippen LogP contribution is 2.35. The van der Waals surface area contributed by atoms with Crippen molar-refractivity contribution in [3.8, 4) is 11.3 Å². The maximum Gasteiger partial charge on any atom is 0.278 e. The molecule has 11 heteroatoms. The number of nitrogens with zero attached hydrogens (tertiary/aromatic N) is 4. The zero-order chi connectivity index (χ0) is 23.9. The lowest BCUT2D eigenvalue weighted by Gasteiger charge is -2.31. The lowest BCUT2D eigenvalue weighted by molar-refractivity contribution is -0.384. The number of anilines is 1. The number of benzene rings is 1. The summed E-state index contributed by atoms with van der Waals surface area (Å²) in [6, 6.07) is 11.9. The molecule has 0 spiro atoms. The minimum Gasteiger partial charge on any atom is -0.342 e. The molecule has 1 fully saturated rings. The van der Waals surface area contributed by atoms with E-state index in [2.05, 4.69) is 15.3 Å². The van der Waals surface area contributed by atoms with Crippen molar-refractivity contribution in [2.45, 2.75) is 18.8 Å². The van der Waals surface area contributed by atoms with Crippen LogP contribution in [-0.4, -0.2) is 56.2 Å². The molecule has 176 valence electrons. The summed E-state index contributed by atoms with van der Waals surface area (Å²) in [5.74, 6) is 0.990. The number of piperidine rings is 1.